The van der Waals surface area contributed by atoms with Gasteiger partial charge < -0.3 is 15.2 Å². The molecule has 0 aliphatic heterocycles. The third-order valence-electron chi connectivity index (χ3n) is 10.2. The van der Waals surface area contributed by atoms with Gasteiger partial charge in [0.1, 0.15) is 0 Å². The highest BCUT2D eigenvalue weighted by atomic mass is 35.7. The molecule has 8 rings (SSSR count). The zero-order chi connectivity index (χ0) is 21.9. The Labute approximate surface area is 190 Å². The van der Waals surface area contributed by atoms with Gasteiger partial charge in [0, 0.05) is 35.2 Å². The number of halogens is 1. The molecule has 8 aliphatic carbocycles. The molecular formula is C24H36ClN2O3P. The van der Waals surface area contributed by atoms with E-state index >= 15 is 4.57 Å². The highest BCUT2D eigenvalue weighted by molar-refractivity contribution is 7.91. The average Bonchev–Trinajstić information content (AvgIpc) is 2.56. The minimum atomic E-state index is -3.09. The quantitative estimate of drug-likeness (QED) is 0.575. The number of carbonyl (C=O) groups is 2. The molecule has 8 saturated carbocycles. The lowest BCUT2D eigenvalue weighted by molar-refractivity contribution is -0.124. The zero-order valence-corrected chi connectivity index (χ0v) is 20.5. The Balaban J connectivity index is 1.40. The lowest BCUT2D eigenvalue weighted by Gasteiger charge is -2.68. The monoisotopic (exact) mass is 466 g/mol. The molecule has 0 heterocycles. The second kappa shape index (κ2) is 6.32. The second-order valence-corrected chi connectivity index (χ2v) is 17.2. The molecule has 8 aliphatic rings. The van der Waals surface area contributed by atoms with Crippen LogP contribution in [0.3, 0.4) is 0 Å². The molecule has 0 radical (unpaired) electrons. The molecule has 0 aromatic carbocycles. The van der Waals surface area contributed by atoms with E-state index in [0.29, 0.717) is 23.7 Å². The lowest BCUT2D eigenvalue weighted by atomic mass is 9.52. The van der Waals surface area contributed by atoms with Crippen LogP contribution in [0.1, 0.15) is 90.9 Å². The van der Waals surface area contributed by atoms with Crippen molar-refractivity contribution < 1.29 is 14.2 Å². The lowest BCUT2D eigenvalue weighted by Crippen LogP contribution is -2.68. The topological polar surface area (TPSA) is 75.3 Å². The van der Waals surface area contributed by atoms with Crippen molar-refractivity contribution in [3.05, 3.63) is 0 Å². The number of carbonyl (C=O) groups excluding carboxylic acids is 2. The standard InChI is InChI=1S/C24H36ClN2O3P/c1-15(28)26-21-5-17-3-18(6-21)10-23(9-17,13-21)31(25,30)24-11-19-4-20(12-24)8-22(7-19,14-24)27-16(2)29/h17-20H,3-14H2,1-2H3,(H,26,28)(H,27,29). The Bertz CT molecular complexity index is 807. The number of hydrogen-bond acceptors (Lipinski definition) is 3. The predicted octanol–water partition coefficient (Wildman–Crippen LogP) is 4.96. The predicted molar refractivity (Wildman–Crippen MR) is 121 cm³/mol. The summed E-state index contributed by atoms with van der Waals surface area (Å²) < 4.78 is 15.1. The van der Waals surface area contributed by atoms with Gasteiger partial charge >= 0.3 is 0 Å². The normalized spacial score (nSPS) is 53.3. The number of rotatable bonds is 4. The van der Waals surface area contributed by atoms with Gasteiger partial charge in [-0.3, -0.25) is 9.59 Å². The number of hydrogen-bond donors (Lipinski definition) is 2. The molecule has 7 heteroatoms. The fourth-order valence-electron chi connectivity index (χ4n) is 10.6. The van der Waals surface area contributed by atoms with Crippen LogP contribution in [0.5, 0.6) is 0 Å². The highest BCUT2D eigenvalue weighted by Gasteiger charge is 2.72. The molecule has 4 atom stereocenters. The molecule has 0 spiro atoms. The summed E-state index contributed by atoms with van der Waals surface area (Å²) in [5.74, 6) is 2.16. The van der Waals surface area contributed by atoms with Gasteiger partial charge in [-0.2, -0.15) is 0 Å². The van der Waals surface area contributed by atoms with E-state index in [4.69, 9.17) is 11.2 Å². The van der Waals surface area contributed by atoms with E-state index in [-0.39, 0.29) is 33.2 Å². The zero-order valence-electron chi connectivity index (χ0n) is 18.8. The van der Waals surface area contributed by atoms with Crippen molar-refractivity contribution in [2.45, 2.75) is 112 Å². The first-order valence-corrected chi connectivity index (χ1v) is 15.0. The van der Waals surface area contributed by atoms with Crippen LogP contribution >= 0.6 is 17.7 Å². The molecule has 2 N–H and O–H groups in total. The summed E-state index contributed by atoms with van der Waals surface area (Å²) in [7, 11) is 0. The van der Waals surface area contributed by atoms with Crippen LogP contribution in [0.15, 0.2) is 0 Å². The molecule has 172 valence electrons. The molecule has 8 bridgehead atoms. The van der Waals surface area contributed by atoms with Crippen LogP contribution in [0, 0.1) is 23.7 Å². The first-order valence-electron chi connectivity index (χ1n) is 12.3. The molecule has 5 nitrogen and oxygen atoms in total. The minimum absolute atomic E-state index is 0.0286. The van der Waals surface area contributed by atoms with E-state index in [1.54, 1.807) is 13.8 Å². The SMILES string of the molecule is CC(=O)NC12CC3CC(C1)CC(P(=O)(Cl)C14CC5CC(CC(NC(C)=O)(C5)C1)C4)(C3)C2. The van der Waals surface area contributed by atoms with E-state index < -0.39 is 6.49 Å². The minimum Gasteiger partial charge on any atom is -0.351 e. The van der Waals surface area contributed by atoms with Crippen molar-refractivity contribution in [1.82, 2.24) is 10.6 Å². The number of nitrogens with one attached hydrogen (secondary N) is 2. The van der Waals surface area contributed by atoms with Gasteiger partial charge in [0.25, 0.3) is 0 Å². The molecule has 8 fully saturated rings. The summed E-state index contributed by atoms with van der Waals surface area (Å²) in [4.78, 5) is 24.2. The van der Waals surface area contributed by atoms with Gasteiger partial charge in [0.2, 0.25) is 11.8 Å². The smallest absolute Gasteiger partial charge is 0.217 e. The van der Waals surface area contributed by atoms with Crippen molar-refractivity contribution >= 4 is 29.5 Å². The van der Waals surface area contributed by atoms with E-state index in [1.807, 2.05) is 0 Å². The van der Waals surface area contributed by atoms with E-state index in [9.17, 15) is 9.59 Å². The fraction of sp³-hybridized carbons (Fsp3) is 0.917. The summed E-state index contributed by atoms with van der Waals surface area (Å²) in [6.45, 7) is 0.132. The summed E-state index contributed by atoms with van der Waals surface area (Å²) >= 11 is 7.50. The molecule has 0 saturated heterocycles. The van der Waals surface area contributed by atoms with Gasteiger partial charge in [-0.15, -0.1) is 0 Å². The Morgan fingerprint density at radius 2 is 1.03 bits per heavy atom. The Morgan fingerprint density at radius 1 is 0.710 bits per heavy atom. The largest absolute Gasteiger partial charge is 0.351 e. The molecular weight excluding hydrogens is 431 g/mol. The third-order valence-corrected chi connectivity index (χ3v) is 15.8. The Kier molecular flexibility index (Phi) is 4.28. The van der Waals surface area contributed by atoms with Gasteiger partial charge in [-0.05, 0) is 101 Å². The van der Waals surface area contributed by atoms with Crippen LogP contribution < -0.4 is 10.6 Å². The summed E-state index contributed by atoms with van der Waals surface area (Å²) in [6, 6.07) is 0. The van der Waals surface area contributed by atoms with Crippen LogP contribution in [0.2, 0.25) is 0 Å². The fourth-order valence-corrected chi connectivity index (χ4v) is 15.8. The maximum Gasteiger partial charge on any atom is 0.217 e. The van der Waals surface area contributed by atoms with Crippen molar-refractivity contribution in [3.8, 4) is 0 Å². The molecule has 2 amide bonds. The van der Waals surface area contributed by atoms with Crippen LogP contribution in [-0.4, -0.2) is 33.2 Å². The van der Waals surface area contributed by atoms with Crippen LogP contribution in [-0.2, 0) is 14.2 Å². The van der Waals surface area contributed by atoms with Crippen molar-refractivity contribution in [1.29, 1.82) is 0 Å². The van der Waals surface area contributed by atoms with Crippen molar-refractivity contribution in [2.24, 2.45) is 23.7 Å². The first-order chi connectivity index (χ1) is 14.5. The van der Waals surface area contributed by atoms with E-state index in [2.05, 4.69) is 10.6 Å². The summed E-state index contributed by atoms with van der Waals surface area (Å²) in [5, 5.41) is 5.95. The Morgan fingerprint density at radius 3 is 1.32 bits per heavy atom. The van der Waals surface area contributed by atoms with Crippen molar-refractivity contribution in [2.75, 3.05) is 0 Å². The maximum atomic E-state index is 15.1. The third kappa shape index (κ3) is 2.90. The molecule has 0 aromatic heterocycles. The van der Waals surface area contributed by atoms with Gasteiger partial charge in [0.05, 0.1) is 0 Å². The molecule has 0 aromatic rings. The van der Waals surface area contributed by atoms with Crippen LogP contribution in [0.25, 0.3) is 0 Å². The van der Waals surface area contributed by atoms with Gasteiger partial charge in [0.15, 0.2) is 6.49 Å². The molecule has 4 unspecified atom stereocenters. The van der Waals surface area contributed by atoms with Gasteiger partial charge in [-0.25, -0.2) is 0 Å². The number of amides is 2. The van der Waals surface area contributed by atoms with E-state index in [1.165, 1.54) is 12.8 Å². The summed E-state index contributed by atoms with van der Waals surface area (Å²) in [5.41, 5.74) is -0.420. The first kappa shape index (κ1) is 21.0. The average molecular weight is 467 g/mol. The highest BCUT2D eigenvalue weighted by Crippen LogP contribution is 2.85. The molecule has 31 heavy (non-hydrogen) atoms. The second-order valence-electron chi connectivity index (χ2n) is 12.8. The maximum absolute atomic E-state index is 15.1. The van der Waals surface area contributed by atoms with Crippen LogP contribution in [0.4, 0.5) is 0 Å². The Hall–Kier alpha value is -0.540. The van der Waals surface area contributed by atoms with Crippen molar-refractivity contribution in [3.63, 3.8) is 0 Å². The van der Waals surface area contributed by atoms with Gasteiger partial charge in [-0.1, -0.05) is 11.2 Å². The van der Waals surface area contributed by atoms with E-state index in [0.717, 1.165) is 64.2 Å². The summed E-state index contributed by atoms with van der Waals surface area (Å²) in [6.07, 6.45) is 12.0.